The van der Waals surface area contributed by atoms with Gasteiger partial charge in [0.15, 0.2) is 11.5 Å². The number of ether oxygens (including phenoxy) is 2. The lowest BCUT2D eigenvalue weighted by Gasteiger charge is -2.18. The van der Waals surface area contributed by atoms with Crippen LogP contribution in [0.5, 0.6) is 11.5 Å². The van der Waals surface area contributed by atoms with E-state index in [2.05, 4.69) is 0 Å². The van der Waals surface area contributed by atoms with Crippen LogP contribution in [0.1, 0.15) is 18.1 Å². The summed E-state index contributed by atoms with van der Waals surface area (Å²) in [5, 5.41) is 10.4. The Kier molecular flexibility index (Phi) is 5.22. The van der Waals surface area contributed by atoms with Crippen molar-refractivity contribution in [2.75, 3.05) is 19.1 Å². The van der Waals surface area contributed by atoms with E-state index < -0.39 is 5.97 Å². The standard InChI is InChI=1S/C22H21NO5/c1-13-8-10-16(11-9-13)23-14(2)19(22(26)28-4)17(21(23)25)12-15-6-5-7-18(27-3)20(15)24/h5-12,24H,1-4H3/b17-12+. The molecule has 0 aromatic heterocycles. The summed E-state index contributed by atoms with van der Waals surface area (Å²) in [5.41, 5.74) is 2.84. The molecule has 0 fully saturated rings. The van der Waals surface area contributed by atoms with Crippen LogP contribution in [-0.2, 0) is 14.3 Å². The molecule has 0 radical (unpaired) electrons. The van der Waals surface area contributed by atoms with Crippen LogP contribution in [0.4, 0.5) is 5.69 Å². The number of phenols is 1. The fourth-order valence-electron chi connectivity index (χ4n) is 3.16. The van der Waals surface area contributed by atoms with Crippen LogP contribution in [0.3, 0.4) is 0 Å². The lowest BCUT2D eigenvalue weighted by atomic mass is 10.0. The maximum absolute atomic E-state index is 13.2. The smallest absolute Gasteiger partial charge is 0.340 e. The summed E-state index contributed by atoms with van der Waals surface area (Å²) in [6.45, 7) is 3.64. The van der Waals surface area contributed by atoms with Gasteiger partial charge in [0, 0.05) is 16.9 Å². The first-order chi connectivity index (χ1) is 13.4. The van der Waals surface area contributed by atoms with Gasteiger partial charge in [-0.1, -0.05) is 29.8 Å². The molecule has 0 saturated heterocycles. The van der Waals surface area contributed by atoms with Gasteiger partial charge in [-0.05, 0) is 38.1 Å². The molecule has 3 rings (SSSR count). The van der Waals surface area contributed by atoms with Crippen LogP contribution < -0.4 is 9.64 Å². The van der Waals surface area contributed by atoms with Gasteiger partial charge in [0.1, 0.15) is 0 Å². The third-order valence-electron chi connectivity index (χ3n) is 4.63. The van der Waals surface area contributed by atoms with Crippen molar-refractivity contribution in [3.05, 3.63) is 70.4 Å². The molecule has 28 heavy (non-hydrogen) atoms. The number of benzene rings is 2. The molecule has 0 aliphatic carbocycles. The maximum atomic E-state index is 13.2. The number of methoxy groups -OCH3 is 2. The Labute approximate surface area is 163 Å². The molecule has 6 heteroatoms. The van der Waals surface area contributed by atoms with Gasteiger partial charge in [-0.3, -0.25) is 9.69 Å². The van der Waals surface area contributed by atoms with E-state index in [9.17, 15) is 14.7 Å². The minimum atomic E-state index is -0.617. The Bertz CT molecular complexity index is 1000. The van der Waals surface area contributed by atoms with Crippen molar-refractivity contribution in [2.45, 2.75) is 13.8 Å². The predicted octanol–water partition coefficient (Wildman–Crippen LogP) is 3.59. The maximum Gasteiger partial charge on any atom is 0.340 e. The molecule has 0 bridgehead atoms. The summed E-state index contributed by atoms with van der Waals surface area (Å²) in [6.07, 6.45) is 1.48. The number of hydrogen-bond acceptors (Lipinski definition) is 5. The number of amides is 1. The quantitative estimate of drug-likeness (QED) is 0.649. The minimum absolute atomic E-state index is 0.110. The van der Waals surface area contributed by atoms with Crippen LogP contribution in [0.2, 0.25) is 0 Å². The molecular formula is C22H21NO5. The highest BCUT2D eigenvalue weighted by molar-refractivity contribution is 6.23. The number of para-hydroxylation sites is 1. The average Bonchev–Trinajstić information content (AvgIpc) is 2.93. The first kappa shape index (κ1) is 19.2. The van der Waals surface area contributed by atoms with Crippen LogP contribution in [0.25, 0.3) is 6.08 Å². The zero-order valence-electron chi connectivity index (χ0n) is 16.1. The highest BCUT2D eigenvalue weighted by Crippen LogP contribution is 2.38. The first-order valence-corrected chi connectivity index (χ1v) is 8.67. The predicted molar refractivity (Wildman–Crippen MR) is 106 cm³/mol. The summed E-state index contributed by atoms with van der Waals surface area (Å²) in [7, 11) is 2.71. The van der Waals surface area contributed by atoms with Crippen molar-refractivity contribution in [3.63, 3.8) is 0 Å². The van der Waals surface area contributed by atoms with Crippen molar-refractivity contribution in [1.82, 2.24) is 0 Å². The van der Waals surface area contributed by atoms with E-state index in [-0.39, 0.29) is 28.6 Å². The SMILES string of the molecule is COC(=O)C1=C(C)N(c2ccc(C)cc2)C(=O)/C1=C/c1cccc(OC)c1O. The summed E-state index contributed by atoms with van der Waals surface area (Å²) >= 11 is 0. The van der Waals surface area contributed by atoms with E-state index in [0.29, 0.717) is 16.9 Å². The Balaban J connectivity index is 2.16. The number of anilines is 1. The van der Waals surface area contributed by atoms with Crippen LogP contribution >= 0.6 is 0 Å². The molecule has 1 aliphatic heterocycles. The summed E-state index contributed by atoms with van der Waals surface area (Å²) in [5.74, 6) is -0.825. The fourth-order valence-corrected chi connectivity index (χ4v) is 3.16. The van der Waals surface area contributed by atoms with Crippen molar-refractivity contribution < 1.29 is 24.2 Å². The van der Waals surface area contributed by atoms with E-state index >= 15 is 0 Å². The molecule has 1 N–H and O–H groups in total. The molecule has 0 spiro atoms. The van der Waals surface area contributed by atoms with Gasteiger partial charge in [0.25, 0.3) is 5.91 Å². The summed E-state index contributed by atoms with van der Waals surface area (Å²) < 4.78 is 10.0. The number of aryl methyl sites for hydroxylation is 1. The highest BCUT2D eigenvalue weighted by Gasteiger charge is 2.38. The fraction of sp³-hybridized carbons (Fsp3) is 0.182. The number of phenolic OH excluding ortho intramolecular Hbond substituents is 1. The Morgan fingerprint density at radius 3 is 2.36 bits per heavy atom. The summed E-state index contributed by atoms with van der Waals surface area (Å²) in [4.78, 5) is 27.1. The largest absolute Gasteiger partial charge is 0.504 e. The third kappa shape index (κ3) is 3.24. The van der Waals surface area contributed by atoms with Crippen molar-refractivity contribution in [1.29, 1.82) is 0 Å². The number of carbonyl (C=O) groups excluding carboxylic acids is 2. The van der Waals surface area contributed by atoms with Crippen molar-refractivity contribution >= 4 is 23.6 Å². The third-order valence-corrected chi connectivity index (χ3v) is 4.63. The van der Waals surface area contributed by atoms with Gasteiger partial charge in [-0.25, -0.2) is 4.79 Å². The number of aromatic hydroxyl groups is 1. The normalized spacial score (nSPS) is 15.4. The van der Waals surface area contributed by atoms with E-state index in [0.717, 1.165) is 5.56 Å². The number of rotatable bonds is 4. The Morgan fingerprint density at radius 2 is 1.75 bits per heavy atom. The van der Waals surface area contributed by atoms with E-state index in [1.807, 2.05) is 31.2 Å². The first-order valence-electron chi connectivity index (χ1n) is 8.67. The molecule has 6 nitrogen and oxygen atoms in total. The lowest BCUT2D eigenvalue weighted by molar-refractivity contribution is -0.136. The molecule has 0 unspecified atom stereocenters. The molecular weight excluding hydrogens is 358 g/mol. The van der Waals surface area contributed by atoms with Crippen molar-refractivity contribution in [2.24, 2.45) is 0 Å². The number of esters is 1. The van der Waals surface area contributed by atoms with Gasteiger partial charge in [0.2, 0.25) is 0 Å². The zero-order chi connectivity index (χ0) is 20.4. The average molecular weight is 379 g/mol. The van der Waals surface area contributed by atoms with Gasteiger partial charge in [0.05, 0.1) is 25.4 Å². The molecule has 144 valence electrons. The van der Waals surface area contributed by atoms with E-state index in [1.54, 1.807) is 25.1 Å². The Morgan fingerprint density at radius 1 is 1.07 bits per heavy atom. The number of carbonyl (C=O) groups is 2. The number of nitrogens with zero attached hydrogens (tertiary/aromatic N) is 1. The topological polar surface area (TPSA) is 76.1 Å². The molecule has 1 aliphatic rings. The minimum Gasteiger partial charge on any atom is -0.504 e. The number of allylic oxidation sites excluding steroid dienone is 1. The molecule has 2 aromatic rings. The van der Waals surface area contributed by atoms with E-state index in [4.69, 9.17) is 9.47 Å². The molecule has 0 saturated carbocycles. The second-order valence-corrected chi connectivity index (χ2v) is 6.38. The highest BCUT2D eigenvalue weighted by atomic mass is 16.5. The van der Waals surface area contributed by atoms with Gasteiger partial charge >= 0.3 is 5.97 Å². The van der Waals surface area contributed by atoms with Crippen molar-refractivity contribution in [3.8, 4) is 11.5 Å². The molecule has 2 aromatic carbocycles. The van der Waals surface area contributed by atoms with Gasteiger partial charge in [-0.2, -0.15) is 0 Å². The lowest BCUT2D eigenvalue weighted by Crippen LogP contribution is -2.24. The number of hydrogen-bond donors (Lipinski definition) is 1. The molecule has 1 heterocycles. The molecule has 0 atom stereocenters. The summed E-state index contributed by atoms with van der Waals surface area (Å²) in [6, 6.07) is 12.4. The van der Waals surface area contributed by atoms with Gasteiger partial charge < -0.3 is 14.6 Å². The van der Waals surface area contributed by atoms with Crippen LogP contribution in [0, 0.1) is 6.92 Å². The molecule has 1 amide bonds. The van der Waals surface area contributed by atoms with E-state index in [1.165, 1.54) is 25.2 Å². The zero-order valence-corrected chi connectivity index (χ0v) is 16.1. The Hall–Kier alpha value is -3.54. The van der Waals surface area contributed by atoms with Gasteiger partial charge in [-0.15, -0.1) is 0 Å². The monoisotopic (exact) mass is 379 g/mol. The second-order valence-electron chi connectivity index (χ2n) is 6.38. The van der Waals surface area contributed by atoms with Crippen LogP contribution in [-0.4, -0.2) is 31.2 Å². The van der Waals surface area contributed by atoms with Crippen LogP contribution in [0.15, 0.2) is 59.3 Å². The second kappa shape index (κ2) is 7.60.